The molecule has 3 heterocycles. The van der Waals surface area contributed by atoms with E-state index >= 15 is 0 Å². The molecule has 0 bridgehead atoms. The minimum Gasteiger partial charge on any atom is -0.370 e. The first-order valence-corrected chi connectivity index (χ1v) is 11.5. The Bertz CT molecular complexity index is 1240. The minimum atomic E-state index is -4.33. The van der Waals surface area contributed by atoms with E-state index in [0.29, 0.717) is 29.7 Å². The molecule has 0 unspecified atom stereocenters. The smallest absolute Gasteiger partial charge is 0.370 e. The van der Waals surface area contributed by atoms with Crippen LogP contribution in [0.4, 0.5) is 33.5 Å². The third-order valence-corrected chi connectivity index (χ3v) is 6.19. The van der Waals surface area contributed by atoms with Gasteiger partial charge in [-0.2, -0.15) is 27.1 Å². The number of halogens is 6. The van der Waals surface area contributed by atoms with Crippen molar-refractivity contribution in [3.05, 3.63) is 57.3 Å². The van der Waals surface area contributed by atoms with Crippen molar-refractivity contribution in [2.24, 2.45) is 0 Å². The molecule has 1 aliphatic rings. The molecule has 1 fully saturated rings. The predicted octanol–water partition coefficient (Wildman–Crippen LogP) is 5.99. The fraction of sp³-hybridized carbons (Fsp3) is 0.318. The van der Waals surface area contributed by atoms with E-state index in [4.69, 9.17) is 0 Å². The lowest BCUT2D eigenvalue weighted by Gasteiger charge is -2.31. The van der Waals surface area contributed by atoms with Crippen LogP contribution in [-0.4, -0.2) is 39.9 Å². The van der Waals surface area contributed by atoms with Crippen LogP contribution in [0.5, 0.6) is 0 Å². The second kappa shape index (κ2) is 9.84. The summed E-state index contributed by atoms with van der Waals surface area (Å²) < 4.78 is 65.7. The average molecular weight is 591 g/mol. The molecule has 1 aromatic carbocycles. The first kappa shape index (κ1) is 24.4. The number of aromatic nitrogens is 3. The molecule has 1 aliphatic heterocycles. The van der Waals surface area contributed by atoms with Gasteiger partial charge in [0.15, 0.2) is 5.65 Å². The number of fused-ring (bicyclic) bond motifs is 1. The second-order valence-electron chi connectivity index (χ2n) is 7.81. The Hall–Kier alpha value is -2.77. The highest BCUT2D eigenvalue weighted by Gasteiger charge is 2.27. The van der Waals surface area contributed by atoms with E-state index in [1.807, 2.05) is 11.0 Å². The number of hydrogen-bond donors (Lipinski definition) is 1. The maximum atomic E-state index is 13.1. The van der Waals surface area contributed by atoms with Crippen LogP contribution >= 0.6 is 22.6 Å². The first-order valence-electron chi connectivity index (χ1n) is 10.4. The molecule has 0 radical (unpaired) electrons. The van der Waals surface area contributed by atoms with Crippen molar-refractivity contribution in [3.63, 3.8) is 0 Å². The Morgan fingerprint density at radius 3 is 2.53 bits per heavy atom. The van der Waals surface area contributed by atoms with Crippen molar-refractivity contribution in [1.82, 2.24) is 14.8 Å². The van der Waals surface area contributed by atoms with Crippen molar-refractivity contribution in [3.8, 4) is 0 Å². The standard InChI is InChI=1S/C22H19F5IN5O/c23-19(24)13-5-8-32(9-6-13)17-11-15(28)2-3-16(17)21(34)31-18-4-1-14-12-29-33(20(14)30-18)10-7-22(25,26)27/h1-4,11-12H,5-10H2,(H,30,31,34). The van der Waals surface area contributed by atoms with Gasteiger partial charge in [-0.3, -0.25) is 4.79 Å². The summed E-state index contributed by atoms with van der Waals surface area (Å²) in [5.74, 6) is -0.295. The van der Waals surface area contributed by atoms with E-state index < -0.39 is 24.6 Å². The van der Waals surface area contributed by atoms with Gasteiger partial charge in [0.25, 0.3) is 12.0 Å². The van der Waals surface area contributed by atoms with Crippen molar-refractivity contribution in [1.29, 1.82) is 0 Å². The van der Waals surface area contributed by atoms with E-state index in [0.717, 1.165) is 8.25 Å². The first-order chi connectivity index (χ1) is 16.1. The Kier molecular flexibility index (Phi) is 7.05. The third-order valence-electron chi connectivity index (χ3n) is 5.51. The highest BCUT2D eigenvalue weighted by Crippen LogP contribution is 2.30. The SMILES string of the molecule is O=C(Nc1ccc2cnn(CCC(F)(F)F)c2n1)c1ccc(I)cc1N1CCC(=C(F)F)CC1. The fourth-order valence-corrected chi connectivity index (χ4v) is 4.24. The third kappa shape index (κ3) is 5.65. The van der Waals surface area contributed by atoms with Gasteiger partial charge in [0.1, 0.15) is 5.82 Å². The number of benzene rings is 1. The summed E-state index contributed by atoms with van der Waals surface area (Å²) in [5, 5.41) is 7.20. The van der Waals surface area contributed by atoms with Crippen LogP contribution in [0.3, 0.4) is 0 Å². The van der Waals surface area contributed by atoms with E-state index in [1.54, 1.807) is 24.3 Å². The summed E-state index contributed by atoms with van der Waals surface area (Å²) in [6.07, 6.45) is -5.17. The molecule has 12 heteroatoms. The number of pyridine rings is 1. The summed E-state index contributed by atoms with van der Waals surface area (Å²) in [4.78, 5) is 19.3. The molecule has 4 rings (SSSR count). The monoisotopic (exact) mass is 591 g/mol. The molecule has 0 spiro atoms. The number of carbonyl (C=O) groups excluding carboxylic acids is 1. The highest BCUT2D eigenvalue weighted by atomic mass is 127. The topological polar surface area (TPSA) is 63.1 Å². The molecule has 1 amide bonds. The molecule has 2 aromatic heterocycles. The van der Waals surface area contributed by atoms with Crippen LogP contribution < -0.4 is 10.2 Å². The normalized spacial score (nSPS) is 14.5. The number of nitrogens with zero attached hydrogens (tertiary/aromatic N) is 4. The molecule has 0 atom stereocenters. The molecule has 6 nitrogen and oxygen atoms in total. The number of nitrogens with one attached hydrogen (secondary N) is 1. The van der Waals surface area contributed by atoms with Gasteiger partial charge in [0, 0.05) is 22.0 Å². The highest BCUT2D eigenvalue weighted by molar-refractivity contribution is 14.1. The fourth-order valence-electron chi connectivity index (χ4n) is 3.77. The van der Waals surface area contributed by atoms with E-state index in [1.165, 1.54) is 6.20 Å². The summed E-state index contributed by atoms with van der Waals surface area (Å²) in [6.45, 7) is 0.328. The lowest BCUT2D eigenvalue weighted by Crippen LogP contribution is -2.32. The predicted molar refractivity (Wildman–Crippen MR) is 126 cm³/mol. The zero-order valence-electron chi connectivity index (χ0n) is 17.7. The van der Waals surface area contributed by atoms with Crippen molar-refractivity contribution in [2.75, 3.05) is 23.3 Å². The van der Waals surface area contributed by atoms with Gasteiger partial charge in [0.2, 0.25) is 0 Å². The number of carbonyl (C=O) groups is 1. The molecule has 1 N–H and O–H groups in total. The zero-order valence-corrected chi connectivity index (χ0v) is 19.8. The number of alkyl halides is 3. The van der Waals surface area contributed by atoms with Crippen molar-refractivity contribution < 1.29 is 26.7 Å². The summed E-state index contributed by atoms with van der Waals surface area (Å²) in [7, 11) is 0. The summed E-state index contributed by atoms with van der Waals surface area (Å²) in [6, 6.07) is 8.40. The summed E-state index contributed by atoms with van der Waals surface area (Å²) in [5.41, 5.74) is 1.33. The molecule has 1 saturated heterocycles. The van der Waals surface area contributed by atoms with Gasteiger partial charge in [-0.1, -0.05) is 0 Å². The van der Waals surface area contributed by atoms with Gasteiger partial charge < -0.3 is 10.2 Å². The van der Waals surface area contributed by atoms with Gasteiger partial charge in [-0.15, -0.1) is 0 Å². The molecule has 0 aliphatic carbocycles. The van der Waals surface area contributed by atoms with Gasteiger partial charge >= 0.3 is 6.18 Å². The molecule has 34 heavy (non-hydrogen) atoms. The van der Waals surface area contributed by atoms with Crippen molar-refractivity contribution >= 4 is 51.0 Å². The minimum absolute atomic E-state index is 0.132. The lowest BCUT2D eigenvalue weighted by molar-refractivity contribution is -0.137. The van der Waals surface area contributed by atoms with Crippen LogP contribution in [0.15, 0.2) is 48.2 Å². The van der Waals surface area contributed by atoms with Crippen LogP contribution in [0.1, 0.15) is 29.6 Å². The van der Waals surface area contributed by atoms with Gasteiger partial charge in [-0.05, 0) is 71.3 Å². The lowest BCUT2D eigenvalue weighted by atomic mass is 10.0. The quantitative estimate of drug-likeness (QED) is 0.293. The van der Waals surface area contributed by atoms with Crippen molar-refractivity contribution in [2.45, 2.75) is 32.0 Å². The largest absolute Gasteiger partial charge is 0.390 e. The molecule has 180 valence electrons. The molecule has 3 aromatic rings. The number of hydrogen-bond acceptors (Lipinski definition) is 4. The Morgan fingerprint density at radius 1 is 1.12 bits per heavy atom. The van der Waals surface area contributed by atoms with E-state index in [2.05, 4.69) is 38.0 Å². The van der Waals surface area contributed by atoms with E-state index in [-0.39, 0.29) is 36.4 Å². The van der Waals surface area contributed by atoms with Gasteiger partial charge in [0.05, 0.1) is 30.4 Å². The van der Waals surface area contributed by atoms with Crippen LogP contribution in [0.2, 0.25) is 0 Å². The molecule has 0 saturated carbocycles. The number of rotatable bonds is 5. The molecular weight excluding hydrogens is 572 g/mol. The van der Waals surface area contributed by atoms with Crippen LogP contribution in [0, 0.1) is 3.57 Å². The molecular formula is C22H19F5IN5O. The average Bonchev–Trinajstić information content (AvgIpc) is 3.19. The van der Waals surface area contributed by atoms with Gasteiger partial charge in [-0.25, -0.2) is 9.67 Å². The Labute approximate surface area is 205 Å². The maximum Gasteiger partial charge on any atom is 0.390 e. The summed E-state index contributed by atoms with van der Waals surface area (Å²) >= 11 is 2.12. The second-order valence-corrected chi connectivity index (χ2v) is 9.05. The number of anilines is 2. The Morgan fingerprint density at radius 2 is 1.85 bits per heavy atom. The maximum absolute atomic E-state index is 13.1. The number of piperidine rings is 1. The van der Waals surface area contributed by atoms with Crippen LogP contribution in [0.25, 0.3) is 11.0 Å². The zero-order chi connectivity index (χ0) is 24.5. The van der Waals surface area contributed by atoms with E-state index in [9.17, 15) is 26.7 Å². The number of aryl methyl sites for hydroxylation is 1. The number of amides is 1. The van der Waals surface area contributed by atoms with Crippen LogP contribution in [-0.2, 0) is 6.54 Å². The Balaban J connectivity index is 1.55.